The Balaban J connectivity index is 1.63. The van der Waals surface area contributed by atoms with Crippen LogP contribution in [-0.2, 0) is 6.54 Å². The van der Waals surface area contributed by atoms with E-state index in [0.717, 1.165) is 49.5 Å². The molecule has 1 saturated heterocycles. The van der Waals surface area contributed by atoms with Crippen LogP contribution >= 0.6 is 0 Å². The summed E-state index contributed by atoms with van der Waals surface area (Å²) in [6, 6.07) is 16.3. The number of amides is 1. The van der Waals surface area contributed by atoms with Crippen LogP contribution in [0.25, 0.3) is 0 Å². The highest BCUT2D eigenvalue weighted by Gasteiger charge is 2.31. The Labute approximate surface area is 237 Å². The third kappa shape index (κ3) is 7.52. The zero-order valence-corrected chi connectivity index (χ0v) is 24.3. The van der Waals surface area contributed by atoms with Gasteiger partial charge in [-0.2, -0.15) is 15.0 Å². The van der Waals surface area contributed by atoms with Crippen molar-refractivity contribution >= 4 is 35.1 Å². The molecule has 10 nitrogen and oxygen atoms in total. The minimum atomic E-state index is -0.436. The molecule has 1 aromatic heterocycles. The highest BCUT2D eigenvalue weighted by atomic mass is 16.1. The number of anilines is 5. The lowest BCUT2D eigenvalue weighted by atomic mass is 9.99. The normalized spacial score (nSPS) is 15.4. The van der Waals surface area contributed by atoms with Crippen LogP contribution in [0.15, 0.2) is 48.5 Å². The third-order valence-electron chi connectivity index (χ3n) is 6.81. The van der Waals surface area contributed by atoms with Crippen molar-refractivity contribution in [2.45, 2.75) is 59.7 Å². The van der Waals surface area contributed by atoms with Gasteiger partial charge in [-0.15, -0.1) is 0 Å². The average Bonchev–Trinajstić information content (AvgIpc) is 2.91. The molecule has 214 valence electrons. The predicted molar refractivity (Wildman–Crippen MR) is 164 cm³/mol. The topological polar surface area (TPSA) is 124 Å². The highest BCUT2D eigenvalue weighted by molar-refractivity contribution is 5.95. The van der Waals surface area contributed by atoms with Crippen LogP contribution in [0, 0.1) is 5.92 Å². The number of hydrogen-bond acceptors (Lipinski definition) is 9. The molecule has 5 N–H and O–H groups in total. The largest absolute Gasteiger partial charge is 0.379 e. The first-order valence-corrected chi connectivity index (χ1v) is 14.2. The first kappa shape index (κ1) is 28.9. The Morgan fingerprint density at radius 3 is 2.42 bits per heavy atom. The van der Waals surface area contributed by atoms with E-state index in [4.69, 9.17) is 15.7 Å². The summed E-state index contributed by atoms with van der Waals surface area (Å²) in [5, 5.41) is 10.1. The fraction of sp³-hybridized carbons (Fsp3) is 0.467. The molecule has 1 unspecified atom stereocenters. The Bertz CT molecular complexity index is 1270. The monoisotopic (exact) mass is 545 g/mol. The molecule has 0 aliphatic carbocycles. The summed E-state index contributed by atoms with van der Waals surface area (Å²) < 4.78 is 0. The number of carbonyl (C=O) groups excluding carboxylic acids is 1. The van der Waals surface area contributed by atoms with Crippen LogP contribution in [0.5, 0.6) is 0 Å². The minimum absolute atomic E-state index is 0.190. The van der Waals surface area contributed by atoms with E-state index in [9.17, 15) is 4.79 Å². The lowest BCUT2D eigenvalue weighted by Crippen LogP contribution is -2.54. The molecule has 0 radical (unpaired) electrons. The van der Waals surface area contributed by atoms with Gasteiger partial charge in [-0.1, -0.05) is 44.2 Å². The number of hydrogen-bond donors (Lipinski definition) is 4. The number of nitrogens with two attached hydrogens (primary N) is 1. The van der Waals surface area contributed by atoms with E-state index in [-0.39, 0.29) is 12.1 Å². The van der Waals surface area contributed by atoms with E-state index in [0.29, 0.717) is 35.9 Å². The zero-order valence-electron chi connectivity index (χ0n) is 24.3. The summed E-state index contributed by atoms with van der Waals surface area (Å²) in [4.78, 5) is 30.9. The van der Waals surface area contributed by atoms with E-state index in [2.05, 4.69) is 70.6 Å². The molecule has 3 aromatic rings. The molecule has 0 saturated carbocycles. The molecule has 1 fully saturated rings. The number of benzene rings is 2. The van der Waals surface area contributed by atoms with Crippen molar-refractivity contribution in [1.82, 2.24) is 15.0 Å². The minimum Gasteiger partial charge on any atom is -0.379 e. The molecule has 4 rings (SSSR count). The summed E-state index contributed by atoms with van der Waals surface area (Å²) in [6.45, 7) is 14.4. The van der Waals surface area contributed by atoms with E-state index < -0.39 is 5.91 Å². The molecule has 10 heteroatoms. The molecule has 1 aliphatic heterocycles. The zero-order chi connectivity index (χ0) is 28.6. The third-order valence-corrected chi connectivity index (χ3v) is 6.81. The van der Waals surface area contributed by atoms with Crippen molar-refractivity contribution in [3.8, 4) is 0 Å². The molecular formula is C30H43N9O. The number of aromatic nitrogens is 3. The summed E-state index contributed by atoms with van der Waals surface area (Å²) in [5.41, 5.74) is 9.24. The van der Waals surface area contributed by atoms with Gasteiger partial charge in [0.25, 0.3) is 0 Å². The fourth-order valence-corrected chi connectivity index (χ4v) is 5.04. The maximum atomic E-state index is 12.0. The predicted octanol–water partition coefficient (Wildman–Crippen LogP) is 4.58. The van der Waals surface area contributed by atoms with Crippen molar-refractivity contribution < 1.29 is 4.79 Å². The summed E-state index contributed by atoms with van der Waals surface area (Å²) >= 11 is 0. The van der Waals surface area contributed by atoms with Gasteiger partial charge in [-0.3, -0.25) is 4.79 Å². The molecule has 1 atom stereocenters. The molecule has 2 aromatic carbocycles. The summed E-state index contributed by atoms with van der Waals surface area (Å²) in [6.07, 6.45) is 0.984. The smallest absolute Gasteiger partial charge is 0.248 e. The summed E-state index contributed by atoms with van der Waals surface area (Å²) in [7, 11) is 0. The molecule has 1 aliphatic rings. The van der Waals surface area contributed by atoms with Gasteiger partial charge in [0.05, 0.1) is 11.4 Å². The van der Waals surface area contributed by atoms with Gasteiger partial charge < -0.3 is 31.5 Å². The number of carbonyl (C=O) groups is 1. The second-order valence-electron chi connectivity index (χ2n) is 11.0. The number of piperazine rings is 1. The van der Waals surface area contributed by atoms with E-state index in [1.807, 2.05) is 43.3 Å². The van der Waals surface area contributed by atoms with Crippen LogP contribution in [0.1, 0.15) is 57.0 Å². The SMILES string of the molecule is CCNc1nc(NC(C)C)nc(N2CCN(c3ccc(C(N)=O)cc3NCc3ccccc3)CC2CC(C)C)n1. The number of nitrogens with zero attached hydrogens (tertiary/aromatic N) is 5. The Morgan fingerprint density at radius 1 is 1.00 bits per heavy atom. The maximum absolute atomic E-state index is 12.0. The quantitative estimate of drug-likeness (QED) is 0.259. The van der Waals surface area contributed by atoms with Gasteiger partial charge in [0, 0.05) is 50.4 Å². The van der Waals surface area contributed by atoms with Crippen LogP contribution in [0.2, 0.25) is 0 Å². The highest BCUT2D eigenvalue weighted by Crippen LogP contribution is 2.32. The second-order valence-corrected chi connectivity index (χ2v) is 11.0. The lowest BCUT2D eigenvalue weighted by molar-refractivity contribution is 0.100. The molecule has 0 spiro atoms. The van der Waals surface area contributed by atoms with Crippen LogP contribution in [0.3, 0.4) is 0 Å². The van der Waals surface area contributed by atoms with Crippen LogP contribution in [0.4, 0.5) is 29.2 Å². The number of nitrogens with one attached hydrogen (secondary N) is 3. The Kier molecular flexibility index (Phi) is 9.63. The first-order valence-electron chi connectivity index (χ1n) is 14.2. The van der Waals surface area contributed by atoms with Crippen molar-refractivity contribution in [3.63, 3.8) is 0 Å². The average molecular weight is 546 g/mol. The standard InChI is InChI=1S/C30H43N9O/c1-6-32-28-35-29(34-21(4)5)37-30(36-28)39-15-14-38(19-24(39)16-20(2)3)26-13-12-23(27(31)40)17-25(26)33-18-22-10-8-7-9-11-22/h7-13,17,20-21,24,33H,6,14-16,18-19H2,1-5H3,(H2,31,40)(H2,32,34,35,36,37). The molecule has 40 heavy (non-hydrogen) atoms. The molecule has 2 heterocycles. The van der Waals surface area contributed by atoms with E-state index in [1.165, 1.54) is 0 Å². The summed E-state index contributed by atoms with van der Waals surface area (Å²) in [5.74, 6) is 1.90. The van der Waals surface area contributed by atoms with Crippen molar-refractivity contribution in [3.05, 3.63) is 59.7 Å². The molecule has 0 bridgehead atoms. The molecule has 1 amide bonds. The number of rotatable bonds is 12. The van der Waals surface area contributed by atoms with Crippen molar-refractivity contribution in [1.29, 1.82) is 0 Å². The van der Waals surface area contributed by atoms with Gasteiger partial charge in [0.1, 0.15) is 0 Å². The van der Waals surface area contributed by atoms with Crippen molar-refractivity contribution in [2.24, 2.45) is 11.7 Å². The first-order chi connectivity index (χ1) is 19.2. The van der Waals surface area contributed by atoms with Gasteiger partial charge in [0.2, 0.25) is 23.8 Å². The Morgan fingerprint density at radius 2 is 1.75 bits per heavy atom. The van der Waals surface area contributed by atoms with Gasteiger partial charge >= 0.3 is 0 Å². The van der Waals surface area contributed by atoms with Gasteiger partial charge in [0.15, 0.2) is 0 Å². The lowest BCUT2D eigenvalue weighted by Gasteiger charge is -2.43. The number of primary amides is 1. The Hall–Kier alpha value is -4.08. The van der Waals surface area contributed by atoms with Crippen LogP contribution < -0.4 is 31.5 Å². The van der Waals surface area contributed by atoms with Crippen LogP contribution in [-0.4, -0.2) is 59.1 Å². The molecular weight excluding hydrogens is 502 g/mol. The van der Waals surface area contributed by atoms with Gasteiger partial charge in [-0.25, -0.2) is 0 Å². The maximum Gasteiger partial charge on any atom is 0.248 e. The second kappa shape index (κ2) is 13.3. The van der Waals surface area contributed by atoms with E-state index in [1.54, 1.807) is 0 Å². The van der Waals surface area contributed by atoms with Gasteiger partial charge in [-0.05, 0) is 56.9 Å². The van der Waals surface area contributed by atoms with Crippen molar-refractivity contribution in [2.75, 3.05) is 51.9 Å². The van der Waals surface area contributed by atoms with E-state index >= 15 is 0 Å². The fourth-order valence-electron chi connectivity index (χ4n) is 5.04.